The summed E-state index contributed by atoms with van der Waals surface area (Å²) in [5.74, 6) is 0. The van der Waals surface area contributed by atoms with E-state index in [-0.39, 0.29) is 0 Å². The molecular formula is C17H26N2O. The molecule has 2 saturated heterocycles. The zero-order valence-corrected chi connectivity index (χ0v) is 12.3. The Labute approximate surface area is 122 Å². The quantitative estimate of drug-likeness (QED) is 0.913. The van der Waals surface area contributed by atoms with Crippen molar-refractivity contribution in [2.75, 3.05) is 45.9 Å². The predicted octanol–water partition coefficient (Wildman–Crippen LogP) is 2.03. The van der Waals surface area contributed by atoms with Gasteiger partial charge in [0.25, 0.3) is 0 Å². The van der Waals surface area contributed by atoms with E-state index < -0.39 is 0 Å². The van der Waals surface area contributed by atoms with Gasteiger partial charge in [-0.1, -0.05) is 30.3 Å². The van der Waals surface area contributed by atoms with Crippen molar-refractivity contribution in [3.8, 4) is 0 Å². The average molecular weight is 274 g/mol. The molecule has 1 aromatic carbocycles. The maximum Gasteiger partial charge on any atom is 0.0593 e. The van der Waals surface area contributed by atoms with Crippen LogP contribution < -0.4 is 5.32 Å². The molecule has 2 heterocycles. The summed E-state index contributed by atoms with van der Waals surface area (Å²) in [6, 6.07) is 11.1. The van der Waals surface area contributed by atoms with Gasteiger partial charge in [-0.2, -0.15) is 0 Å². The van der Waals surface area contributed by atoms with Gasteiger partial charge < -0.3 is 15.0 Å². The molecule has 0 radical (unpaired) electrons. The second-order valence-corrected chi connectivity index (χ2v) is 6.14. The van der Waals surface area contributed by atoms with E-state index in [4.69, 9.17) is 4.74 Å². The van der Waals surface area contributed by atoms with Crippen molar-refractivity contribution in [2.24, 2.45) is 0 Å². The van der Waals surface area contributed by atoms with Crippen LogP contribution in [0.2, 0.25) is 0 Å². The third-order valence-corrected chi connectivity index (χ3v) is 4.79. The summed E-state index contributed by atoms with van der Waals surface area (Å²) in [5.41, 5.74) is 1.85. The van der Waals surface area contributed by atoms with Crippen molar-refractivity contribution in [3.05, 3.63) is 35.9 Å². The fraction of sp³-hybridized carbons (Fsp3) is 0.647. The van der Waals surface area contributed by atoms with Gasteiger partial charge in [0.1, 0.15) is 0 Å². The van der Waals surface area contributed by atoms with Gasteiger partial charge in [-0.05, 0) is 37.9 Å². The third-order valence-electron chi connectivity index (χ3n) is 4.79. The summed E-state index contributed by atoms with van der Waals surface area (Å²) >= 11 is 0. The maximum atomic E-state index is 5.60. The molecule has 0 bridgehead atoms. The van der Waals surface area contributed by atoms with Crippen LogP contribution in [-0.4, -0.2) is 50.8 Å². The summed E-state index contributed by atoms with van der Waals surface area (Å²) in [5, 5.41) is 3.52. The van der Waals surface area contributed by atoms with Crippen molar-refractivity contribution < 1.29 is 4.74 Å². The number of hydrogen-bond donors (Lipinski definition) is 1. The summed E-state index contributed by atoms with van der Waals surface area (Å²) in [6.07, 6.45) is 3.66. The number of nitrogens with zero attached hydrogens (tertiary/aromatic N) is 1. The molecule has 2 fully saturated rings. The summed E-state index contributed by atoms with van der Waals surface area (Å²) in [6.45, 7) is 7.55. The standard InChI is InChI=1S/C17H26N2O/c1-2-5-16(6-3-1)17(7-9-18-10-8-17)15-19-11-4-13-20-14-12-19/h1-3,5-6,18H,4,7-15H2. The lowest BCUT2D eigenvalue weighted by atomic mass is 9.72. The number of rotatable bonds is 3. The fourth-order valence-corrected chi connectivity index (χ4v) is 3.62. The van der Waals surface area contributed by atoms with E-state index in [1.165, 1.54) is 37.9 Å². The molecule has 20 heavy (non-hydrogen) atoms. The molecule has 0 atom stereocenters. The Bertz CT molecular complexity index is 393. The fourth-order valence-electron chi connectivity index (χ4n) is 3.62. The lowest BCUT2D eigenvalue weighted by molar-refractivity contribution is 0.130. The van der Waals surface area contributed by atoms with Gasteiger partial charge in [0.2, 0.25) is 0 Å². The molecule has 1 aromatic rings. The lowest BCUT2D eigenvalue weighted by Crippen LogP contribution is -2.48. The van der Waals surface area contributed by atoms with Crippen molar-refractivity contribution in [1.82, 2.24) is 10.2 Å². The van der Waals surface area contributed by atoms with E-state index in [2.05, 4.69) is 40.5 Å². The summed E-state index contributed by atoms with van der Waals surface area (Å²) < 4.78 is 5.60. The first-order valence-electron chi connectivity index (χ1n) is 7.95. The van der Waals surface area contributed by atoms with Crippen molar-refractivity contribution in [3.63, 3.8) is 0 Å². The molecule has 0 saturated carbocycles. The molecule has 3 heteroatoms. The van der Waals surface area contributed by atoms with Gasteiger partial charge in [0.05, 0.1) is 6.61 Å². The molecule has 0 unspecified atom stereocenters. The highest BCUT2D eigenvalue weighted by molar-refractivity contribution is 5.27. The highest BCUT2D eigenvalue weighted by atomic mass is 16.5. The maximum absolute atomic E-state index is 5.60. The van der Waals surface area contributed by atoms with Gasteiger partial charge in [0.15, 0.2) is 0 Å². The highest BCUT2D eigenvalue weighted by Gasteiger charge is 2.35. The Hall–Kier alpha value is -0.900. The van der Waals surface area contributed by atoms with E-state index >= 15 is 0 Å². The van der Waals surface area contributed by atoms with Gasteiger partial charge in [-0.25, -0.2) is 0 Å². The predicted molar refractivity (Wildman–Crippen MR) is 82.1 cm³/mol. The smallest absolute Gasteiger partial charge is 0.0593 e. The molecule has 110 valence electrons. The van der Waals surface area contributed by atoms with E-state index in [0.717, 1.165) is 32.8 Å². The number of hydrogen-bond acceptors (Lipinski definition) is 3. The van der Waals surface area contributed by atoms with Gasteiger partial charge in [-0.15, -0.1) is 0 Å². The summed E-state index contributed by atoms with van der Waals surface area (Å²) in [7, 11) is 0. The van der Waals surface area contributed by atoms with Crippen LogP contribution in [0.25, 0.3) is 0 Å². The monoisotopic (exact) mass is 274 g/mol. The molecule has 0 aromatic heterocycles. The largest absolute Gasteiger partial charge is 0.380 e. The zero-order valence-electron chi connectivity index (χ0n) is 12.3. The Morgan fingerprint density at radius 3 is 2.65 bits per heavy atom. The topological polar surface area (TPSA) is 24.5 Å². The molecule has 0 amide bonds. The Kier molecular flexibility index (Phi) is 4.71. The van der Waals surface area contributed by atoms with Gasteiger partial charge in [0, 0.05) is 31.7 Å². The first-order valence-corrected chi connectivity index (χ1v) is 7.95. The molecule has 3 rings (SSSR count). The Morgan fingerprint density at radius 1 is 1.05 bits per heavy atom. The second kappa shape index (κ2) is 6.70. The number of benzene rings is 1. The third kappa shape index (κ3) is 3.22. The van der Waals surface area contributed by atoms with Crippen LogP contribution in [0.4, 0.5) is 0 Å². The average Bonchev–Trinajstić information content (AvgIpc) is 2.78. The first kappa shape index (κ1) is 14.1. The number of ether oxygens (including phenoxy) is 1. The van der Waals surface area contributed by atoms with Crippen LogP contribution in [0, 0.1) is 0 Å². The second-order valence-electron chi connectivity index (χ2n) is 6.14. The lowest BCUT2D eigenvalue weighted by Gasteiger charge is -2.41. The Balaban J connectivity index is 1.78. The molecule has 0 spiro atoms. The number of piperidine rings is 1. The zero-order chi connectivity index (χ0) is 13.7. The Morgan fingerprint density at radius 2 is 1.85 bits per heavy atom. The van der Waals surface area contributed by atoms with Crippen LogP contribution in [0.1, 0.15) is 24.8 Å². The van der Waals surface area contributed by atoms with E-state index in [0.29, 0.717) is 5.41 Å². The van der Waals surface area contributed by atoms with Crippen LogP contribution in [0.3, 0.4) is 0 Å². The molecule has 0 aliphatic carbocycles. The molecule has 2 aliphatic heterocycles. The molecule has 3 nitrogen and oxygen atoms in total. The SMILES string of the molecule is c1ccc(C2(CN3CCCOCC3)CCNCC2)cc1. The van der Waals surface area contributed by atoms with Crippen LogP contribution in [-0.2, 0) is 10.2 Å². The minimum atomic E-state index is 0.330. The minimum absolute atomic E-state index is 0.330. The minimum Gasteiger partial charge on any atom is -0.380 e. The van der Waals surface area contributed by atoms with Crippen LogP contribution in [0.15, 0.2) is 30.3 Å². The van der Waals surface area contributed by atoms with Crippen molar-refractivity contribution in [2.45, 2.75) is 24.7 Å². The molecular weight excluding hydrogens is 248 g/mol. The van der Waals surface area contributed by atoms with E-state index in [1.54, 1.807) is 0 Å². The van der Waals surface area contributed by atoms with Crippen molar-refractivity contribution in [1.29, 1.82) is 0 Å². The van der Waals surface area contributed by atoms with Crippen LogP contribution >= 0.6 is 0 Å². The first-order chi connectivity index (χ1) is 9.89. The van der Waals surface area contributed by atoms with Gasteiger partial charge >= 0.3 is 0 Å². The van der Waals surface area contributed by atoms with E-state index in [9.17, 15) is 0 Å². The van der Waals surface area contributed by atoms with E-state index in [1.807, 2.05) is 0 Å². The summed E-state index contributed by atoms with van der Waals surface area (Å²) in [4.78, 5) is 2.62. The van der Waals surface area contributed by atoms with Gasteiger partial charge in [-0.3, -0.25) is 0 Å². The molecule has 2 aliphatic rings. The molecule has 1 N–H and O–H groups in total. The van der Waals surface area contributed by atoms with Crippen LogP contribution in [0.5, 0.6) is 0 Å². The highest BCUT2D eigenvalue weighted by Crippen LogP contribution is 2.34. The normalized spacial score (nSPS) is 24.2. The van der Waals surface area contributed by atoms with Crippen molar-refractivity contribution >= 4 is 0 Å². The number of nitrogens with one attached hydrogen (secondary N) is 1.